The number of rotatable bonds is 5. The highest BCUT2D eigenvalue weighted by atomic mass is 79.9. The second-order valence-electron chi connectivity index (χ2n) is 6.17. The minimum atomic E-state index is -0.947. The van der Waals surface area contributed by atoms with E-state index in [1.807, 2.05) is 32.0 Å². The summed E-state index contributed by atoms with van der Waals surface area (Å²) >= 11 is 3.46. The Bertz CT molecular complexity index is 642. The van der Waals surface area contributed by atoms with Gasteiger partial charge in [-0.2, -0.15) is 0 Å². The molecule has 4 nitrogen and oxygen atoms in total. The maximum Gasteiger partial charge on any atom is 0.181 e. The van der Waals surface area contributed by atoms with Crippen LogP contribution in [0, 0.1) is 0 Å². The predicted octanol–water partition coefficient (Wildman–Crippen LogP) is 3.20. The number of halogens is 1. The topological polar surface area (TPSA) is 52.6 Å². The van der Waals surface area contributed by atoms with Crippen LogP contribution in [0.15, 0.2) is 22.7 Å². The molecule has 1 aromatic carbocycles. The van der Waals surface area contributed by atoms with Crippen molar-refractivity contribution in [2.45, 2.75) is 50.7 Å². The van der Waals surface area contributed by atoms with Gasteiger partial charge < -0.3 is 9.47 Å². The Morgan fingerprint density at radius 1 is 1.35 bits per heavy atom. The van der Waals surface area contributed by atoms with Crippen LogP contribution in [0.5, 0.6) is 0 Å². The van der Waals surface area contributed by atoms with Gasteiger partial charge in [0.15, 0.2) is 17.2 Å². The average molecular weight is 381 g/mol. The second-order valence-corrected chi connectivity index (χ2v) is 7.09. The number of aryl methyl sites for hydroxylation is 1. The van der Waals surface area contributed by atoms with Crippen LogP contribution in [0.25, 0.3) is 0 Å². The molecular weight excluding hydrogens is 360 g/mol. The van der Waals surface area contributed by atoms with Gasteiger partial charge in [0.2, 0.25) is 0 Å². The molecule has 2 bridgehead atoms. The standard InChI is InChI=1S/C18H21BrO4/c1-3-11-9-12(19)5-6-13(11)15-16(20)14-7-8-18(23-14,17(15)21)10-22-4-2/h5-6,9,14-15H,3-4,7-8,10H2,1-2H3/t14-,15?,18+/m1/s1. The van der Waals surface area contributed by atoms with E-state index < -0.39 is 17.6 Å². The molecule has 2 fully saturated rings. The van der Waals surface area contributed by atoms with Crippen molar-refractivity contribution in [2.24, 2.45) is 0 Å². The zero-order chi connectivity index (χ0) is 16.6. The van der Waals surface area contributed by atoms with Crippen LogP contribution in [-0.2, 0) is 25.5 Å². The summed E-state index contributed by atoms with van der Waals surface area (Å²) in [6, 6.07) is 5.77. The zero-order valence-electron chi connectivity index (χ0n) is 13.4. The molecule has 0 amide bonds. The fourth-order valence-electron chi connectivity index (χ4n) is 3.62. The summed E-state index contributed by atoms with van der Waals surface area (Å²) in [6.45, 7) is 4.69. The number of ketones is 2. The molecular formula is C18H21BrO4. The molecule has 5 heteroatoms. The van der Waals surface area contributed by atoms with Gasteiger partial charge >= 0.3 is 0 Å². The van der Waals surface area contributed by atoms with Gasteiger partial charge in [0.05, 0.1) is 6.61 Å². The van der Waals surface area contributed by atoms with E-state index in [0.717, 1.165) is 22.0 Å². The highest BCUT2D eigenvalue weighted by Gasteiger charge is 2.58. The number of ether oxygens (including phenoxy) is 2. The molecule has 0 aliphatic carbocycles. The third-order valence-corrected chi connectivity index (χ3v) is 5.32. The largest absolute Gasteiger partial charge is 0.378 e. The van der Waals surface area contributed by atoms with E-state index in [1.54, 1.807) is 0 Å². The van der Waals surface area contributed by atoms with E-state index >= 15 is 0 Å². The molecule has 3 atom stereocenters. The molecule has 2 heterocycles. The number of Topliss-reactive ketones (excluding diaryl/α,β-unsaturated/α-hetero) is 2. The van der Waals surface area contributed by atoms with Gasteiger partial charge in [-0.1, -0.05) is 28.9 Å². The van der Waals surface area contributed by atoms with Gasteiger partial charge in [-0.15, -0.1) is 0 Å². The Morgan fingerprint density at radius 3 is 2.83 bits per heavy atom. The van der Waals surface area contributed by atoms with Crippen LogP contribution in [0.2, 0.25) is 0 Å². The van der Waals surface area contributed by atoms with Gasteiger partial charge in [0.1, 0.15) is 12.0 Å². The highest BCUT2D eigenvalue weighted by molar-refractivity contribution is 9.10. The Kier molecular flexibility index (Phi) is 4.72. The fraction of sp³-hybridized carbons (Fsp3) is 0.556. The van der Waals surface area contributed by atoms with Crippen LogP contribution >= 0.6 is 15.9 Å². The van der Waals surface area contributed by atoms with E-state index in [9.17, 15) is 9.59 Å². The molecule has 0 N–H and O–H groups in total. The molecule has 0 radical (unpaired) electrons. The third-order valence-electron chi connectivity index (χ3n) is 4.83. The Hall–Kier alpha value is -1.04. The summed E-state index contributed by atoms with van der Waals surface area (Å²) < 4.78 is 12.3. The van der Waals surface area contributed by atoms with Crippen molar-refractivity contribution in [3.05, 3.63) is 33.8 Å². The summed E-state index contributed by atoms with van der Waals surface area (Å²) in [7, 11) is 0. The molecule has 2 aliphatic heterocycles. The summed E-state index contributed by atoms with van der Waals surface area (Å²) in [6.07, 6.45) is 1.46. The number of carbonyl (C=O) groups is 2. The van der Waals surface area contributed by atoms with E-state index in [0.29, 0.717) is 19.4 Å². The summed E-state index contributed by atoms with van der Waals surface area (Å²) in [5.41, 5.74) is 0.901. The minimum absolute atomic E-state index is 0.100. The maximum atomic E-state index is 13.1. The van der Waals surface area contributed by atoms with E-state index in [4.69, 9.17) is 9.47 Å². The van der Waals surface area contributed by atoms with Gasteiger partial charge in [0, 0.05) is 11.1 Å². The van der Waals surface area contributed by atoms with Crippen LogP contribution in [0.3, 0.4) is 0 Å². The Labute approximate surface area is 144 Å². The second kappa shape index (κ2) is 6.46. The van der Waals surface area contributed by atoms with Crippen LogP contribution < -0.4 is 0 Å². The first-order valence-corrected chi connectivity index (χ1v) is 8.93. The molecule has 2 aliphatic rings. The first kappa shape index (κ1) is 16.8. The van der Waals surface area contributed by atoms with E-state index in [-0.39, 0.29) is 18.2 Å². The van der Waals surface area contributed by atoms with Crippen molar-refractivity contribution in [3.8, 4) is 0 Å². The summed E-state index contributed by atoms with van der Waals surface area (Å²) in [5, 5.41) is 0. The van der Waals surface area contributed by atoms with E-state index in [1.165, 1.54) is 0 Å². The predicted molar refractivity (Wildman–Crippen MR) is 89.6 cm³/mol. The van der Waals surface area contributed by atoms with Gasteiger partial charge in [-0.05, 0) is 49.4 Å². The minimum Gasteiger partial charge on any atom is -0.378 e. The van der Waals surface area contributed by atoms with E-state index in [2.05, 4.69) is 15.9 Å². The normalized spacial score (nSPS) is 30.0. The lowest BCUT2D eigenvalue weighted by Gasteiger charge is -2.36. The lowest BCUT2D eigenvalue weighted by atomic mass is 9.79. The molecule has 1 unspecified atom stereocenters. The van der Waals surface area contributed by atoms with Crippen molar-refractivity contribution < 1.29 is 19.1 Å². The molecule has 0 spiro atoms. The number of hydrogen-bond donors (Lipinski definition) is 0. The molecule has 23 heavy (non-hydrogen) atoms. The molecule has 2 saturated heterocycles. The number of benzene rings is 1. The summed E-state index contributed by atoms with van der Waals surface area (Å²) in [4.78, 5) is 25.9. The molecule has 1 aromatic rings. The van der Waals surface area contributed by atoms with Crippen molar-refractivity contribution in [1.29, 1.82) is 0 Å². The average Bonchev–Trinajstić information content (AvgIpc) is 2.95. The molecule has 124 valence electrons. The molecule has 0 saturated carbocycles. The van der Waals surface area contributed by atoms with Crippen molar-refractivity contribution in [3.63, 3.8) is 0 Å². The van der Waals surface area contributed by atoms with Crippen LogP contribution in [-0.4, -0.2) is 36.5 Å². The quantitative estimate of drug-likeness (QED) is 0.736. The van der Waals surface area contributed by atoms with Crippen molar-refractivity contribution >= 4 is 27.5 Å². The molecule has 3 rings (SSSR count). The van der Waals surface area contributed by atoms with Crippen LogP contribution in [0.4, 0.5) is 0 Å². The SMILES string of the molecule is CCOC[C@]12CC[C@@H](O1)C(=O)C(c1ccc(Br)cc1CC)C2=O. The Balaban J connectivity index is 2.02. The van der Waals surface area contributed by atoms with Crippen molar-refractivity contribution in [1.82, 2.24) is 0 Å². The molecule has 0 aromatic heterocycles. The smallest absolute Gasteiger partial charge is 0.181 e. The highest BCUT2D eigenvalue weighted by Crippen LogP contribution is 2.44. The first-order valence-electron chi connectivity index (χ1n) is 8.14. The summed E-state index contributed by atoms with van der Waals surface area (Å²) in [5.74, 6) is -0.960. The number of fused-ring (bicyclic) bond motifs is 2. The van der Waals surface area contributed by atoms with Gasteiger partial charge in [-0.25, -0.2) is 0 Å². The van der Waals surface area contributed by atoms with Crippen LogP contribution in [0.1, 0.15) is 43.7 Å². The zero-order valence-corrected chi connectivity index (χ0v) is 15.0. The third kappa shape index (κ3) is 2.79. The fourth-order valence-corrected chi connectivity index (χ4v) is 4.02. The van der Waals surface area contributed by atoms with Gasteiger partial charge in [-0.3, -0.25) is 9.59 Å². The Morgan fingerprint density at radius 2 is 2.13 bits per heavy atom. The van der Waals surface area contributed by atoms with Gasteiger partial charge in [0.25, 0.3) is 0 Å². The van der Waals surface area contributed by atoms with Crippen molar-refractivity contribution in [2.75, 3.05) is 13.2 Å². The first-order chi connectivity index (χ1) is 11.0. The number of carbonyl (C=O) groups excluding carboxylic acids is 2. The maximum absolute atomic E-state index is 13.1. The monoisotopic (exact) mass is 380 g/mol. The lowest BCUT2D eigenvalue weighted by molar-refractivity contribution is -0.170. The lowest BCUT2D eigenvalue weighted by Crippen LogP contribution is -2.53. The number of hydrogen-bond acceptors (Lipinski definition) is 4.